The molecular formula is C40H57N9O3. The van der Waals surface area contributed by atoms with Crippen molar-refractivity contribution in [2.24, 2.45) is 0 Å². The number of nitrogens with zero attached hydrogens (tertiary/aromatic N) is 5. The van der Waals surface area contributed by atoms with Crippen molar-refractivity contribution in [1.82, 2.24) is 35.0 Å². The summed E-state index contributed by atoms with van der Waals surface area (Å²) in [5, 5.41) is 12.6. The number of carbonyl (C=O) groups excluding carboxylic acids is 2. The number of aromatic nitrogens is 3. The second kappa shape index (κ2) is 18.6. The highest BCUT2D eigenvalue weighted by Gasteiger charge is 2.24. The van der Waals surface area contributed by atoms with E-state index in [0.29, 0.717) is 85.1 Å². The summed E-state index contributed by atoms with van der Waals surface area (Å²) in [5.74, 6) is 0.0707. The average molecular weight is 712 g/mol. The summed E-state index contributed by atoms with van der Waals surface area (Å²) >= 11 is 0. The zero-order chi connectivity index (χ0) is 37.9. The molecule has 3 aromatic heterocycles. The highest BCUT2D eigenvalue weighted by Crippen LogP contribution is 2.25. The van der Waals surface area contributed by atoms with Crippen LogP contribution in [0.5, 0.6) is 0 Å². The molecule has 0 atom stereocenters. The predicted molar refractivity (Wildman–Crippen MR) is 212 cm³/mol. The Labute approximate surface area is 308 Å². The third kappa shape index (κ3) is 10.2. The number of anilines is 2. The molecule has 4 rings (SSSR count). The van der Waals surface area contributed by atoms with Gasteiger partial charge in [-0.3, -0.25) is 24.4 Å². The second-order valence-electron chi connectivity index (χ2n) is 14.1. The van der Waals surface area contributed by atoms with Crippen molar-refractivity contribution in [2.45, 2.75) is 99.6 Å². The maximum Gasteiger partial charge on any atom is 0.319 e. The molecule has 1 aromatic carbocycles. The number of hydrogen-bond acceptors (Lipinski definition) is 8. The second-order valence-corrected chi connectivity index (χ2v) is 14.1. The molecule has 0 saturated heterocycles. The Balaban J connectivity index is 1.64. The minimum Gasteiger partial charge on any atom is -0.369 e. The molecule has 0 unspecified atom stereocenters. The van der Waals surface area contributed by atoms with Gasteiger partial charge in [-0.15, -0.1) is 0 Å². The number of nitrogens with one attached hydrogen (secondary N) is 4. The lowest BCUT2D eigenvalue weighted by Crippen LogP contribution is -2.43. The van der Waals surface area contributed by atoms with E-state index in [0.717, 1.165) is 17.7 Å². The molecule has 4 N–H and O–H groups in total. The number of fused-ring (bicyclic) bond motifs is 1. The summed E-state index contributed by atoms with van der Waals surface area (Å²) in [6.45, 7) is 22.4. The molecular weight excluding hydrogens is 654 g/mol. The SMILES string of the molecule is CCn1c(NCCN(C(C)C)C(C)C)c(C(=O)NCCN(C(C)C)C(C)C)c(=O)c2ccc(-c3ccc(NC(=O)NCc4cccnc4)cc3)nc21. The molecule has 280 valence electrons. The Kier molecular flexibility index (Phi) is 14.3. The first-order valence-electron chi connectivity index (χ1n) is 18.5. The molecule has 0 radical (unpaired) electrons. The summed E-state index contributed by atoms with van der Waals surface area (Å²) in [6, 6.07) is 15.7. The lowest BCUT2D eigenvalue weighted by Gasteiger charge is -2.31. The fourth-order valence-electron chi connectivity index (χ4n) is 6.68. The van der Waals surface area contributed by atoms with E-state index in [-0.39, 0.29) is 17.0 Å². The minimum absolute atomic E-state index is 0.0995. The number of amides is 3. The van der Waals surface area contributed by atoms with Crippen LogP contribution in [0.4, 0.5) is 16.3 Å². The van der Waals surface area contributed by atoms with Crippen LogP contribution in [0.2, 0.25) is 0 Å². The van der Waals surface area contributed by atoms with Gasteiger partial charge in [0.25, 0.3) is 5.91 Å². The Bertz CT molecular complexity index is 1820. The van der Waals surface area contributed by atoms with Crippen molar-refractivity contribution >= 4 is 34.5 Å². The van der Waals surface area contributed by atoms with Gasteiger partial charge in [0.05, 0.1) is 11.1 Å². The van der Waals surface area contributed by atoms with Crippen LogP contribution in [-0.4, -0.2) is 86.6 Å². The molecule has 12 heteroatoms. The van der Waals surface area contributed by atoms with Gasteiger partial charge in [0.2, 0.25) is 5.43 Å². The van der Waals surface area contributed by atoms with Crippen molar-refractivity contribution in [3.63, 3.8) is 0 Å². The van der Waals surface area contributed by atoms with Crippen LogP contribution >= 0.6 is 0 Å². The van der Waals surface area contributed by atoms with E-state index in [1.807, 2.05) is 47.9 Å². The molecule has 12 nitrogen and oxygen atoms in total. The standard InChI is InChI=1S/C40H57N9O3/c1-10-47-37-33(17-18-34(46-37)31-13-15-32(16-14-31)45-40(52)44-25-30-12-11-19-41-24-30)36(50)35(38(47)42-20-22-48(26(2)3)27(4)5)39(51)43-21-23-49(28(6)7)29(8)9/h11-19,24,26-29,42H,10,20-23,25H2,1-9H3,(H,43,51)(H2,44,45,52). The fraction of sp³-hybridized carbons (Fsp3) is 0.475. The number of aryl methyl sites for hydroxylation is 1. The van der Waals surface area contributed by atoms with Crippen molar-refractivity contribution in [3.8, 4) is 11.3 Å². The number of hydrogen-bond donors (Lipinski definition) is 4. The molecule has 0 spiro atoms. The van der Waals surface area contributed by atoms with Gasteiger partial charge in [0.1, 0.15) is 17.0 Å². The molecule has 3 amide bonds. The quantitative estimate of drug-likeness (QED) is 0.102. The molecule has 0 aliphatic rings. The number of urea groups is 1. The summed E-state index contributed by atoms with van der Waals surface area (Å²) < 4.78 is 1.93. The van der Waals surface area contributed by atoms with Crippen LogP contribution in [0, 0.1) is 0 Å². The van der Waals surface area contributed by atoms with E-state index in [2.05, 4.69) is 91.4 Å². The van der Waals surface area contributed by atoms with Gasteiger partial charge < -0.3 is 25.8 Å². The Morgan fingerprint density at radius 2 is 1.44 bits per heavy atom. The molecule has 0 aliphatic carbocycles. The lowest BCUT2D eigenvalue weighted by atomic mass is 10.1. The van der Waals surface area contributed by atoms with E-state index < -0.39 is 5.91 Å². The third-order valence-corrected chi connectivity index (χ3v) is 9.24. The van der Waals surface area contributed by atoms with Crippen molar-refractivity contribution in [1.29, 1.82) is 0 Å². The number of pyridine rings is 3. The number of benzene rings is 1. The number of rotatable bonds is 17. The highest BCUT2D eigenvalue weighted by atomic mass is 16.2. The Morgan fingerprint density at radius 1 is 0.808 bits per heavy atom. The van der Waals surface area contributed by atoms with Crippen LogP contribution in [0.3, 0.4) is 0 Å². The van der Waals surface area contributed by atoms with E-state index in [4.69, 9.17) is 4.98 Å². The average Bonchev–Trinajstić information content (AvgIpc) is 3.11. The van der Waals surface area contributed by atoms with Crippen LogP contribution in [0.15, 0.2) is 65.7 Å². The van der Waals surface area contributed by atoms with Gasteiger partial charge in [0.15, 0.2) is 0 Å². The number of carbonyl (C=O) groups is 2. The largest absolute Gasteiger partial charge is 0.369 e. The minimum atomic E-state index is -0.398. The molecule has 0 fully saturated rings. The summed E-state index contributed by atoms with van der Waals surface area (Å²) in [6.07, 6.45) is 3.40. The van der Waals surface area contributed by atoms with Gasteiger partial charge in [0, 0.05) is 87.1 Å². The summed E-state index contributed by atoms with van der Waals surface area (Å²) in [5.41, 5.74) is 3.25. The molecule has 0 aliphatic heterocycles. The van der Waals surface area contributed by atoms with Crippen molar-refractivity contribution in [3.05, 3.63) is 82.3 Å². The normalized spacial score (nSPS) is 11.8. The lowest BCUT2D eigenvalue weighted by molar-refractivity contribution is 0.0938. The van der Waals surface area contributed by atoms with Crippen molar-refractivity contribution < 1.29 is 9.59 Å². The third-order valence-electron chi connectivity index (χ3n) is 9.24. The Hall–Kier alpha value is -4.81. The molecule has 4 aromatic rings. The zero-order valence-corrected chi connectivity index (χ0v) is 32.3. The van der Waals surface area contributed by atoms with E-state index >= 15 is 0 Å². The van der Waals surface area contributed by atoms with Gasteiger partial charge >= 0.3 is 6.03 Å². The monoisotopic (exact) mass is 711 g/mol. The maximum absolute atomic E-state index is 14.2. The van der Waals surface area contributed by atoms with Gasteiger partial charge in [-0.1, -0.05) is 18.2 Å². The van der Waals surface area contributed by atoms with Crippen LogP contribution in [-0.2, 0) is 13.1 Å². The molecule has 0 bridgehead atoms. The zero-order valence-electron chi connectivity index (χ0n) is 32.3. The first kappa shape index (κ1) is 40.0. The molecule has 0 saturated carbocycles. The van der Waals surface area contributed by atoms with Crippen LogP contribution in [0.1, 0.15) is 78.2 Å². The topological polar surface area (TPSA) is 137 Å². The first-order valence-corrected chi connectivity index (χ1v) is 18.5. The van der Waals surface area contributed by atoms with E-state index in [1.165, 1.54) is 0 Å². The van der Waals surface area contributed by atoms with E-state index in [1.54, 1.807) is 24.5 Å². The first-order chi connectivity index (χ1) is 24.8. The highest BCUT2D eigenvalue weighted by molar-refractivity contribution is 6.02. The van der Waals surface area contributed by atoms with Crippen LogP contribution < -0.4 is 26.7 Å². The van der Waals surface area contributed by atoms with Crippen molar-refractivity contribution in [2.75, 3.05) is 36.8 Å². The smallest absolute Gasteiger partial charge is 0.319 e. The fourth-order valence-corrected chi connectivity index (χ4v) is 6.68. The summed E-state index contributed by atoms with van der Waals surface area (Å²) in [7, 11) is 0. The van der Waals surface area contributed by atoms with E-state index in [9.17, 15) is 14.4 Å². The van der Waals surface area contributed by atoms with Gasteiger partial charge in [-0.25, -0.2) is 9.78 Å². The summed E-state index contributed by atoms with van der Waals surface area (Å²) in [4.78, 5) is 54.3. The van der Waals surface area contributed by atoms with Gasteiger partial charge in [-0.2, -0.15) is 0 Å². The molecule has 52 heavy (non-hydrogen) atoms. The molecule has 3 heterocycles. The maximum atomic E-state index is 14.2. The Morgan fingerprint density at radius 3 is 2.02 bits per heavy atom. The van der Waals surface area contributed by atoms with Gasteiger partial charge in [-0.05, 0) is 98.2 Å². The van der Waals surface area contributed by atoms with Crippen LogP contribution in [0.25, 0.3) is 22.3 Å². The predicted octanol–water partition coefficient (Wildman–Crippen LogP) is 6.18.